The van der Waals surface area contributed by atoms with E-state index in [1.54, 1.807) is 30.3 Å². The second-order valence-corrected chi connectivity index (χ2v) is 8.06. The van der Waals surface area contributed by atoms with Gasteiger partial charge in [0.25, 0.3) is 11.6 Å². The molecule has 0 fully saturated rings. The third kappa shape index (κ3) is 6.11. The summed E-state index contributed by atoms with van der Waals surface area (Å²) in [6.45, 7) is 1.52. The zero-order valence-corrected chi connectivity index (χ0v) is 20.5. The first-order chi connectivity index (χ1) is 18.4. The number of amides is 1. The molecule has 0 aliphatic heterocycles. The fourth-order valence-corrected chi connectivity index (χ4v) is 3.54. The molecule has 1 amide bonds. The van der Waals surface area contributed by atoms with E-state index >= 15 is 0 Å². The van der Waals surface area contributed by atoms with Gasteiger partial charge in [-0.15, -0.1) is 0 Å². The van der Waals surface area contributed by atoms with Crippen molar-refractivity contribution in [3.63, 3.8) is 0 Å². The van der Waals surface area contributed by atoms with Crippen molar-refractivity contribution in [2.75, 3.05) is 7.11 Å². The normalized spacial score (nSPS) is 11.6. The van der Waals surface area contributed by atoms with Gasteiger partial charge in [-0.3, -0.25) is 14.9 Å². The van der Waals surface area contributed by atoms with Crippen LogP contribution in [0.5, 0.6) is 17.2 Å². The highest BCUT2D eigenvalue weighted by Crippen LogP contribution is 2.28. The zero-order valence-electron chi connectivity index (χ0n) is 20.5. The van der Waals surface area contributed by atoms with E-state index in [1.165, 1.54) is 44.5 Å². The van der Waals surface area contributed by atoms with Gasteiger partial charge in [-0.2, -0.15) is 5.10 Å². The van der Waals surface area contributed by atoms with E-state index in [9.17, 15) is 19.7 Å². The molecule has 0 aliphatic carbocycles. The lowest BCUT2D eigenvalue weighted by atomic mass is 10.0. The van der Waals surface area contributed by atoms with Crippen LogP contribution in [0.4, 0.5) is 5.69 Å². The molecule has 10 heteroatoms. The summed E-state index contributed by atoms with van der Waals surface area (Å²) in [5, 5.41) is 16.5. The molecule has 192 valence electrons. The van der Waals surface area contributed by atoms with Crippen LogP contribution in [0.1, 0.15) is 22.8 Å². The quantitative estimate of drug-likeness (QED) is 0.111. The number of nitro groups is 1. The number of nitrogens with one attached hydrogen (secondary N) is 1. The minimum absolute atomic E-state index is 0.0855. The highest BCUT2D eigenvalue weighted by molar-refractivity contribution is 6.04. The van der Waals surface area contributed by atoms with E-state index in [0.717, 1.165) is 10.8 Å². The fraction of sp³-hybridized carbons (Fsp3) is 0.107. The van der Waals surface area contributed by atoms with Crippen LogP contribution in [-0.4, -0.2) is 36.2 Å². The van der Waals surface area contributed by atoms with Crippen LogP contribution >= 0.6 is 0 Å². The molecule has 0 saturated carbocycles. The molecule has 0 unspecified atom stereocenters. The Kier molecular flexibility index (Phi) is 7.92. The Labute approximate surface area is 217 Å². The standard InChI is InChI=1S/C28H23N3O7/c1-18(37-23-14-10-21(11-15-23)31(34)35)27(32)30-29-17-25-24-6-4-3-5-19(24)9-16-26(25)38-28(33)20-7-12-22(36-2)13-8-20/h3-18H,1-2H3,(H,30,32)/b29-17-/t18-/m0/s1. The van der Waals surface area contributed by atoms with Gasteiger partial charge in [0.1, 0.15) is 17.2 Å². The number of carbonyl (C=O) groups is 2. The van der Waals surface area contributed by atoms with Crippen LogP contribution in [0, 0.1) is 10.1 Å². The monoisotopic (exact) mass is 513 g/mol. The number of nitrogens with zero attached hydrogens (tertiary/aromatic N) is 2. The number of rotatable bonds is 9. The third-order valence-electron chi connectivity index (χ3n) is 5.56. The molecule has 0 bridgehead atoms. The van der Waals surface area contributed by atoms with E-state index in [2.05, 4.69) is 10.5 Å². The Morgan fingerprint density at radius 1 is 0.947 bits per heavy atom. The van der Waals surface area contributed by atoms with Gasteiger partial charge in [0.2, 0.25) is 0 Å². The summed E-state index contributed by atoms with van der Waals surface area (Å²) in [5.74, 6) is 0.0627. The summed E-state index contributed by atoms with van der Waals surface area (Å²) < 4.78 is 16.3. The van der Waals surface area contributed by atoms with Crippen molar-refractivity contribution in [3.8, 4) is 17.2 Å². The molecule has 10 nitrogen and oxygen atoms in total. The Morgan fingerprint density at radius 3 is 2.32 bits per heavy atom. The molecule has 0 spiro atoms. The zero-order chi connectivity index (χ0) is 27.1. The number of ether oxygens (including phenoxy) is 3. The molecule has 4 aromatic rings. The predicted octanol–water partition coefficient (Wildman–Crippen LogP) is 4.89. The third-order valence-corrected chi connectivity index (χ3v) is 5.56. The van der Waals surface area contributed by atoms with Crippen molar-refractivity contribution >= 4 is 34.6 Å². The number of esters is 1. The van der Waals surface area contributed by atoms with E-state index in [-0.39, 0.29) is 11.4 Å². The molecule has 4 aromatic carbocycles. The summed E-state index contributed by atoms with van der Waals surface area (Å²) in [5.41, 5.74) is 3.16. The SMILES string of the molecule is COc1ccc(C(=O)Oc2ccc3ccccc3c2/C=N\NC(=O)[C@H](C)Oc2ccc([N+](=O)[O-])cc2)cc1. The van der Waals surface area contributed by atoms with E-state index in [1.807, 2.05) is 30.3 Å². The van der Waals surface area contributed by atoms with Crippen molar-refractivity contribution in [2.45, 2.75) is 13.0 Å². The van der Waals surface area contributed by atoms with Crippen molar-refractivity contribution in [3.05, 3.63) is 106 Å². The van der Waals surface area contributed by atoms with Crippen LogP contribution in [0.15, 0.2) is 90.0 Å². The first kappa shape index (κ1) is 25.8. The topological polar surface area (TPSA) is 129 Å². The van der Waals surface area contributed by atoms with Crippen LogP contribution in [-0.2, 0) is 4.79 Å². The van der Waals surface area contributed by atoms with Gasteiger partial charge in [0.05, 0.1) is 23.8 Å². The second-order valence-electron chi connectivity index (χ2n) is 8.06. The minimum atomic E-state index is -0.937. The number of nitro benzene ring substituents is 1. The van der Waals surface area contributed by atoms with Crippen molar-refractivity contribution in [2.24, 2.45) is 5.10 Å². The first-order valence-electron chi connectivity index (χ1n) is 11.5. The summed E-state index contributed by atoms with van der Waals surface area (Å²) in [6.07, 6.45) is 0.462. The molecule has 0 aromatic heterocycles. The summed E-state index contributed by atoms with van der Waals surface area (Å²) in [6, 6.07) is 22.9. The average Bonchev–Trinajstić information content (AvgIpc) is 2.94. The van der Waals surface area contributed by atoms with Gasteiger partial charge in [0.15, 0.2) is 6.10 Å². The molecule has 38 heavy (non-hydrogen) atoms. The van der Waals surface area contributed by atoms with Crippen LogP contribution in [0.2, 0.25) is 0 Å². The van der Waals surface area contributed by atoms with E-state index in [4.69, 9.17) is 14.2 Å². The maximum Gasteiger partial charge on any atom is 0.343 e. The maximum absolute atomic E-state index is 12.8. The smallest absolute Gasteiger partial charge is 0.343 e. The van der Waals surface area contributed by atoms with Crippen molar-refractivity contribution in [1.29, 1.82) is 0 Å². The largest absolute Gasteiger partial charge is 0.497 e. The number of fused-ring (bicyclic) bond motifs is 1. The molecule has 0 aliphatic rings. The van der Waals surface area contributed by atoms with Crippen LogP contribution in [0.25, 0.3) is 10.8 Å². The molecule has 1 atom stereocenters. The van der Waals surface area contributed by atoms with Crippen molar-refractivity contribution < 1.29 is 28.7 Å². The highest BCUT2D eigenvalue weighted by Gasteiger charge is 2.16. The number of methoxy groups -OCH3 is 1. The lowest BCUT2D eigenvalue weighted by Crippen LogP contribution is -2.33. The average molecular weight is 514 g/mol. The lowest BCUT2D eigenvalue weighted by Gasteiger charge is -2.13. The molecule has 4 rings (SSSR count). The summed E-state index contributed by atoms with van der Waals surface area (Å²) in [4.78, 5) is 35.6. The Morgan fingerprint density at radius 2 is 1.63 bits per heavy atom. The second kappa shape index (κ2) is 11.7. The number of hydrazone groups is 1. The summed E-state index contributed by atoms with van der Waals surface area (Å²) >= 11 is 0. The molecule has 1 N–H and O–H groups in total. The van der Waals surface area contributed by atoms with Gasteiger partial charge in [0, 0.05) is 17.7 Å². The highest BCUT2D eigenvalue weighted by atomic mass is 16.6. The van der Waals surface area contributed by atoms with Gasteiger partial charge in [-0.1, -0.05) is 30.3 Å². The van der Waals surface area contributed by atoms with Gasteiger partial charge in [-0.05, 0) is 60.2 Å². The number of hydrogen-bond acceptors (Lipinski definition) is 8. The number of carbonyl (C=O) groups excluding carboxylic acids is 2. The van der Waals surface area contributed by atoms with Gasteiger partial charge in [-0.25, -0.2) is 10.2 Å². The minimum Gasteiger partial charge on any atom is -0.497 e. The number of non-ortho nitro benzene ring substituents is 1. The molecular formula is C28H23N3O7. The Hall–Kier alpha value is -5.25. The number of benzene rings is 4. The van der Waals surface area contributed by atoms with E-state index in [0.29, 0.717) is 22.6 Å². The Balaban J connectivity index is 1.49. The van der Waals surface area contributed by atoms with Crippen molar-refractivity contribution in [1.82, 2.24) is 5.43 Å². The Bertz CT molecular complexity index is 1500. The van der Waals surface area contributed by atoms with Gasteiger partial charge >= 0.3 is 5.97 Å². The maximum atomic E-state index is 12.8. The first-order valence-corrected chi connectivity index (χ1v) is 11.5. The molecular weight excluding hydrogens is 490 g/mol. The molecule has 0 radical (unpaired) electrons. The lowest BCUT2D eigenvalue weighted by molar-refractivity contribution is -0.384. The number of hydrogen-bond donors (Lipinski definition) is 1. The molecule has 0 heterocycles. The van der Waals surface area contributed by atoms with Crippen LogP contribution < -0.4 is 19.6 Å². The summed E-state index contributed by atoms with van der Waals surface area (Å²) in [7, 11) is 1.54. The predicted molar refractivity (Wildman–Crippen MR) is 141 cm³/mol. The van der Waals surface area contributed by atoms with Crippen LogP contribution in [0.3, 0.4) is 0 Å². The van der Waals surface area contributed by atoms with Gasteiger partial charge < -0.3 is 14.2 Å². The van der Waals surface area contributed by atoms with E-state index < -0.39 is 22.9 Å². The fourth-order valence-electron chi connectivity index (χ4n) is 3.54. The molecule has 0 saturated heterocycles.